The third kappa shape index (κ3) is 14.5. The second-order valence-electron chi connectivity index (χ2n) is 26.0. The second-order valence-corrected chi connectivity index (χ2v) is 26.0. The molecule has 7 amide bonds. The number of anilines is 3. The molecule has 1 saturated carbocycles. The van der Waals surface area contributed by atoms with Crippen LogP contribution in [-0.2, 0) is 37.7 Å². The number of nitrogens with zero attached hydrogens (tertiary/aromatic N) is 9. The van der Waals surface area contributed by atoms with Crippen LogP contribution in [0.5, 0.6) is 0 Å². The van der Waals surface area contributed by atoms with Gasteiger partial charge in [0.05, 0.1) is 48.6 Å². The standard InChI is InChI=1S/C67H86N12O6/c1-64(2,47-85-48-65(3,4)46-76-44-55(71-73-76)49-27-25-28-51(42-49)69-62(83)75-40-38-67(39-41-75)61(82)78(63(84)70-67)52-29-17-16-18-30-52)45-68-57(80)34-35-58(81)77-43-50-26-19-20-31-53(50)60-59(54-32-21-22-33-56(54)77)72-74-79(60)66(5)36-23-14-12-10-8-6-7-9-11-13-15-24-37-66/h16-22,25-33,42,44H,6-15,23-24,34-41,43,45-48H2,1-5H3,(H,68,80)(H,69,83)(H,70,84). The van der Waals surface area contributed by atoms with E-state index in [1.54, 1.807) is 33.8 Å². The highest BCUT2D eigenvalue weighted by molar-refractivity contribution is 6.23. The van der Waals surface area contributed by atoms with Crippen molar-refractivity contribution in [2.75, 3.05) is 48.0 Å². The molecule has 18 nitrogen and oxygen atoms in total. The maximum absolute atomic E-state index is 14.5. The number of hydrogen-bond acceptors (Lipinski definition) is 10. The lowest BCUT2D eigenvalue weighted by atomic mass is 9.86. The lowest BCUT2D eigenvalue weighted by molar-refractivity contribution is -0.125. The summed E-state index contributed by atoms with van der Waals surface area (Å²) in [5, 5.41) is 27.9. The fourth-order valence-electron chi connectivity index (χ4n) is 12.7. The molecule has 3 fully saturated rings. The average molecular weight is 1160 g/mol. The van der Waals surface area contributed by atoms with E-state index in [2.05, 4.69) is 83.8 Å². The van der Waals surface area contributed by atoms with Gasteiger partial charge in [-0.25, -0.2) is 19.2 Å². The van der Waals surface area contributed by atoms with Gasteiger partial charge in [0, 0.05) is 72.2 Å². The summed E-state index contributed by atoms with van der Waals surface area (Å²) < 4.78 is 10.4. The number of para-hydroxylation sites is 2. The Kier molecular flexibility index (Phi) is 19.0. The Morgan fingerprint density at radius 3 is 2.02 bits per heavy atom. The van der Waals surface area contributed by atoms with Crippen LogP contribution in [0.25, 0.3) is 33.8 Å². The molecular formula is C67H86N12O6. The summed E-state index contributed by atoms with van der Waals surface area (Å²) in [5.41, 5.74) is 6.05. The highest BCUT2D eigenvalue weighted by Crippen LogP contribution is 2.45. The van der Waals surface area contributed by atoms with E-state index in [4.69, 9.17) is 15.0 Å². The number of aromatic nitrogens is 6. The zero-order valence-corrected chi connectivity index (χ0v) is 50.5. The quantitative estimate of drug-likeness (QED) is 0.0831. The van der Waals surface area contributed by atoms with Crippen molar-refractivity contribution in [1.29, 1.82) is 0 Å². The number of hydrogen-bond donors (Lipinski definition) is 3. The fraction of sp³-hybridized carbons (Fsp3) is 0.507. The molecule has 2 aromatic heterocycles. The van der Waals surface area contributed by atoms with E-state index in [-0.39, 0.29) is 47.5 Å². The van der Waals surface area contributed by atoms with E-state index in [0.29, 0.717) is 75.8 Å². The molecule has 85 heavy (non-hydrogen) atoms. The van der Waals surface area contributed by atoms with Crippen molar-refractivity contribution in [3.8, 4) is 33.8 Å². The van der Waals surface area contributed by atoms with Crippen LogP contribution in [-0.4, -0.2) is 103 Å². The number of likely N-dealkylation sites (tertiary alicyclic amines) is 1. The van der Waals surface area contributed by atoms with Gasteiger partial charge >= 0.3 is 12.1 Å². The summed E-state index contributed by atoms with van der Waals surface area (Å²) in [6.45, 7) is 13.4. The molecule has 1 spiro atoms. The minimum Gasteiger partial charge on any atom is -0.380 e. The highest BCUT2D eigenvalue weighted by atomic mass is 16.5. The number of fused-ring (bicyclic) bond motifs is 5. The number of carbonyl (C=O) groups excluding carboxylic acids is 5. The first-order valence-electron chi connectivity index (χ1n) is 31.1. The molecule has 0 atom stereocenters. The van der Waals surface area contributed by atoms with Crippen LogP contribution in [0.3, 0.4) is 0 Å². The minimum atomic E-state index is -1.04. The van der Waals surface area contributed by atoms with Crippen LogP contribution in [0.2, 0.25) is 0 Å². The summed E-state index contributed by atoms with van der Waals surface area (Å²) in [6.07, 6.45) is 20.0. The van der Waals surface area contributed by atoms with Gasteiger partial charge < -0.3 is 30.5 Å². The average Bonchev–Trinajstić information content (AvgIpc) is 2.47. The zero-order chi connectivity index (χ0) is 59.6. The van der Waals surface area contributed by atoms with E-state index in [1.807, 2.05) is 71.8 Å². The molecule has 18 heteroatoms. The third-order valence-electron chi connectivity index (χ3n) is 17.6. The van der Waals surface area contributed by atoms with Gasteiger partial charge in [0.15, 0.2) is 0 Å². The van der Waals surface area contributed by atoms with Crippen molar-refractivity contribution >= 4 is 46.8 Å². The third-order valence-corrected chi connectivity index (χ3v) is 17.6. The Bertz CT molecular complexity index is 3290. The van der Waals surface area contributed by atoms with Gasteiger partial charge in [-0.1, -0.05) is 188 Å². The van der Waals surface area contributed by atoms with E-state index in [0.717, 1.165) is 65.0 Å². The number of benzene rings is 4. The second kappa shape index (κ2) is 26.7. The van der Waals surface area contributed by atoms with Gasteiger partial charge in [-0.05, 0) is 68.5 Å². The number of carbonyl (C=O) groups is 5. The molecule has 6 aromatic rings. The lowest BCUT2D eigenvalue weighted by Gasteiger charge is -2.37. The molecule has 450 valence electrons. The van der Waals surface area contributed by atoms with Crippen molar-refractivity contribution in [3.05, 3.63) is 115 Å². The molecule has 10 rings (SSSR count). The Morgan fingerprint density at radius 1 is 0.682 bits per heavy atom. The van der Waals surface area contributed by atoms with Crippen molar-refractivity contribution in [2.45, 2.75) is 174 Å². The minimum absolute atomic E-state index is 0.0422. The van der Waals surface area contributed by atoms with Gasteiger partial charge in [0.25, 0.3) is 5.91 Å². The molecule has 4 aromatic carbocycles. The largest absolute Gasteiger partial charge is 0.380 e. The summed E-state index contributed by atoms with van der Waals surface area (Å²) in [7, 11) is 0. The monoisotopic (exact) mass is 1150 g/mol. The van der Waals surface area contributed by atoms with E-state index in [9.17, 15) is 24.0 Å². The molecule has 0 unspecified atom stereocenters. The summed E-state index contributed by atoms with van der Waals surface area (Å²) >= 11 is 0. The summed E-state index contributed by atoms with van der Waals surface area (Å²) in [5.74, 6) is -0.622. The Morgan fingerprint density at radius 2 is 1.32 bits per heavy atom. The topological polar surface area (TPSA) is 202 Å². The number of ether oxygens (including phenoxy) is 1. The summed E-state index contributed by atoms with van der Waals surface area (Å²) in [4.78, 5) is 72.6. The lowest BCUT2D eigenvalue weighted by Crippen LogP contribution is -2.56. The maximum Gasteiger partial charge on any atom is 0.329 e. The first-order valence-corrected chi connectivity index (χ1v) is 31.1. The van der Waals surface area contributed by atoms with Gasteiger partial charge in [0.1, 0.15) is 16.9 Å². The van der Waals surface area contributed by atoms with E-state index in [1.165, 1.54) is 69.1 Å². The molecule has 3 aliphatic heterocycles. The number of nitrogens with one attached hydrogen (secondary N) is 3. The first-order chi connectivity index (χ1) is 41.0. The van der Waals surface area contributed by atoms with Gasteiger partial charge in [-0.15, -0.1) is 10.2 Å². The Balaban J connectivity index is 0.692. The van der Waals surface area contributed by atoms with Gasteiger partial charge in [-0.3, -0.25) is 19.1 Å². The van der Waals surface area contributed by atoms with Crippen LogP contribution in [0.1, 0.15) is 156 Å². The van der Waals surface area contributed by atoms with Crippen molar-refractivity contribution in [1.82, 2.24) is 45.5 Å². The van der Waals surface area contributed by atoms with Crippen molar-refractivity contribution < 1.29 is 28.7 Å². The molecule has 3 N–H and O–H groups in total. The number of amides is 7. The molecule has 1 aliphatic carbocycles. The van der Waals surface area contributed by atoms with Crippen LogP contribution >= 0.6 is 0 Å². The smallest absolute Gasteiger partial charge is 0.329 e. The predicted molar refractivity (Wildman–Crippen MR) is 331 cm³/mol. The SMILES string of the molecule is CC(C)(CNC(=O)CCC(=O)N1Cc2ccccc2-c2c(nnn2C2(C)CCCCCCCCCCCCCC2)-c2ccccc21)COCC(C)(C)Cn1cc(-c2cccc(NC(=O)N3CCC4(CC3)NC(=O)N(c3ccccc3)C4=O)c2)nn1. The number of rotatable bonds is 15. The molecule has 0 bridgehead atoms. The maximum atomic E-state index is 14.5. The summed E-state index contributed by atoms with van der Waals surface area (Å²) in [6, 6.07) is 31.9. The number of urea groups is 2. The van der Waals surface area contributed by atoms with Crippen LogP contribution in [0, 0.1) is 10.8 Å². The molecule has 4 aliphatic rings. The molecular weight excluding hydrogens is 1070 g/mol. The van der Waals surface area contributed by atoms with Crippen LogP contribution in [0.4, 0.5) is 26.7 Å². The Labute approximate surface area is 500 Å². The predicted octanol–water partition coefficient (Wildman–Crippen LogP) is 12.7. The molecule has 0 radical (unpaired) electrons. The Hall–Kier alpha value is -7.73. The fourth-order valence-corrected chi connectivity index (χ4v) is 12.7. The number of imide groups is 1. The van der Waals surface area contributed by atoms with Crippen LogP contribution < -0.4 is 25.8 Å². The van der Waals surface area contributed by atoms with Crippen LogP contribution in [0.15, 0.2) is 109 Å². The van der Waals surface area contributed by atoms with Gasteiger partial charge in [0.2, 0.25) is 11.8 Å². The molecule has 2 saturated heterocycles. The molecule has 5 heterocycles. The van der Waals surface area contributed by atoms with E-state index < -0.39 is 17.0 Å². The first kappa shape index (κ1) is 60.4. The van der Waals surface area contributed by atoms with Crippen molar-refractivity contribution in [3.63, 3.8) is 0 Å². The van der Waals surface area contributed by atoms with E-state index >= 15 is 0 Å². The highest BCUT2D eigenvalue weighted by Gasteiger charge is 2.53. The number of piperidine rings is 1. The normalized spacial score (nSPS) is 17.8. The zero-order valence-electron chi connectivity index (χ0n) is 50.5. The van der Waals surface area contributed by atoms with Crippen molar-refractivity contribution in [2.24, 2.45) is 10.8 Å². The van der Waals surface area contributed by atoms with Gasteiger partial charge in [-0.2, -0.15) is 0 Å².